The molecule has 1 aliphatic carbocycles. The highest BCUT2D eigenvalue weighted by molar-refractivity contribution is 7.10. The molecule has 0 saturated heterocycles. The molecule has 1 heterocycles. The van der Waals surface area contributed by atoms with Gasteiger partial charge in [0.25, 0.3) is 5.91 Å². The van der Waals surface area contributed by atoms with E-state index in [1.54, 1.807) is 35.6 Å². The van der Waals surface area contributed by atoms with Crippen LogP contribution in [0.2, 0.25) is 5.02 Å². The van der Waals surface area contributed by atoms with E-state index in [1.165, 1.54) is 17.7 Å². The van der Waals surface area contributed by atoms with Gasteiger partial charge in [-0.05, 0) is 48.6 Å². The lowest BCUT2D eigenvalue weighted by Gasteiger charge is -2.28. The zero-order valence-corrected chi connectivity index (χ0v) is 16.6. The van der Waals surface area contributed by atoms with Crippen LogP contribution >= 0.6 is 22.9 Å². The van der Waals surface area contributed by atoms with E-state index in [0.717, 1.165) is 12.8 Å². The van der Waals surface area contributed by atoms with Gasteiger partial charge in [0, 0.05) is 21.9 Å². The van der Waals surface area contributed by atoms with Crippen molar-refractivity contribution >= 4 is 34.8 Å². The third-order valence-electron chi connectivity index (χ3n) is 4.86. The van der Waals surface area contributed by atoms with Crippen LogP contribution in [0.3, 0.4) is 0 Å². The Kier molecular flexibility index (Phi) is 6.74. The first-order valence-corrected chi connectivity index (χ1v) is 10.3. The first kappa shape index (κ1) is 19.7. The van der Waals surface area contributed by atoms with E-state index in [9.17, 15) is 9.59 Å². The van der Waals surface area contributed by atoms with Gasteiger partial charge in [0.1, 0.15) is 5.75 Å². The summed E-state index contributed by atoms with van der Waals surface area (Å²) in [5.74, 6) is 0.0322. The summed E-state index contributed by atoms with van der Waals surface area (Å²) in [6.45, 7) is 0.418. The predicted octanol–water partition coefficient (Wildman–Crippen LogP) is 3.52. The summed E-state index contributed by atoms with van der Waals surface area (Å²) in [6, 6.07) is 11.0. The normalized spacial score (nSPS) is 15.3. The lowest BCUT2D eigenvalue weighted by Crippen LogP contribution is -2.44. The second kappa shape index (κ2) is 9.24. The van der Waals surface area contributed by atoms with Crippen molar-refractivity contribution in [2.75, 3.05) is 19.7 Å². The topological polar surface area (TPSA) is 67.4 Å². The van der Waals surface area contributed by atoms with Crippen LogP contribution in [0.1, 0.15) is 30.6 Å². The summed E-state index contributed by atoms with van der Waals surface area (Å²) in [4.78, 5) is 25.3. The Balaban J connectivity index is 1.40. The molecule has 5 nitrogen and oxygen atoms in total. The lowest BCUT2D eigenvalue weighted by molar-refractivity contribution is -0.127. The van der Waals surface area contributed by atoms with Gasteiger partial charge >= 0.3 is 0 Å². The molecule has 2 aromatic rings. The van der Waals surface area contributed by atoms with Crippen LogP contribution < -0.4 is 15.4 Å². The molecule has 3 rings (SSSR count). The SMILES string of the molecule is O=C(CNC(=O)COc1ccc(Cl)cc1)NCC1(c2cccs2)CCCC1. The van der Waals surface area contributed by atoms with Gasteiger partial charge < -0.3 is 15.4 Å². The average molecular weight is 407 g/mol. The van der Waals surface area contributed by atoms with Crippen LogP contribution in [0.25, 0.3) is 0 Å². The second-order valence-electron chi connectivity index (χ2n) is 6.76. The highest BCUT2D eigenvalue weighted by Crippen LogP contribution is 2.42. The number of carbonyl (C=O) groups excluding carboxylic acids is 2. The smallest absolute Gasteiger partial charge is 0.258 e. The molecule has 1 aliphatic rings. The van der Waals surface area contributed by atoms with Crippen molar-refractivity contribution in [3.05, 3.63) is 51.7 Å². The molecule has 7 heteroatoms. The molecule has 2 N–H and O–H groups in total. The summed E-state index contributed by atoms with van der Waals surface area (Å²) in [5.41, 5.74) is 0.0472. The number of carbonyl (C=O) groups is 2. The van der Waals surface area contributed by atoms with E-state index in [4.69, 9.17) is 16.3 Å². The zero-order chi connectivity index (χ0) is 19.1. The molecule has 0 aliphatic heterocycles. The van der Waals surface area contributed by atoms with Gasteiger partial charge in [-0.25, -0.2) is 0 Å². The van der Waals surface area contributed by atoms with Gasteiger partial charge in [0.2, 0.25) is 5.91 Å². The number of halogens is 1. The quantitative estimate of drug-likeness (QED) is 0.704. The van der Waals surface area contributed by atoms with E-state index in [0.29, 0.717) is 17.3 Å². The number of hydrogen-bond acceptors (Lipinski definition) is 4. The minimum absolute atomic E-state index is 0.0472. The fraction of sp³-hybridized carbons (Fsp3) is 0.400. The van der Waals surface area contributed by atoms with Gasteiger partial charge in [0.05, 0.1) is 6.54 Å². The Bertz CT molecular complexity index is 756. The Morgan fingerprint density at radius 2 is 1.81 bits per heavy atom. The van der Waals surface area contributed by atoms with Gasteiger partial charge in [-0.3, -0.25) is 9.59 Å². The summed E-state index contributed by atoms with van der Waals surface area (Å²) in [5, 5.41) is 8.26. The van der Waals surface area contributed by atoms with Crippen molar-refractivity contribution in [1.29, 1.82) is 0 Å². The van der Waals surface area contributed by atoms with Crippen LogP contribution in [0, 0.1) is 0 Å². The minimum atomic E-state index is -0.339. The van der Waals surface area contributed by atoms with Gasteiger partial charge in [-0.1, -0.05) is 30.5 Å². The molecule has 0 atom stereocenters. The van der Waals surface area contributed by atoms with E-state index in [2.05, 4.69) is 28.1 Å². The molecule has 1 fully saturated rings. The maximum absolute atomic E-state index is 12.1. The number of rotatable bonds is 8. The number of nitrogens with one attached hydrogen (secondary N) is 2. The fourth-order valence-corrected chi connectivity index (χ4v) is 4.50. The fourth-order valence-electron chi connectivity index (χ4n) is 3.38. The average Bonchev–Trinajstić information content (AvgIpc) is 3.36. The van der Waals surface area contributed by atoms with Crippen LogP contribution in [0.15, 0.2) is 41.8 Å². The van der Waals surface area contributed by atoms with Gasteiger partial charge in [0.15, 0.2) is 6.61 Å². The minimum Gasteiger partial charge on any atom is -0.484 e. The molecular weight excluding hydrogens is 384 g/mol. The summed E-state index contributed by atoms with van der Waals surface area (Å²) >= 11 is 7.55. The second-order valence-corrected chi connectivity index (χ2v) is 8.14. The van der Waals surface area contributed by atoms with Crippen molar-refractivity contribution in [2.24, 2.45) is 0 Å². The molecule has 0 bridgehead atoms. The lowest BCUT2D eigenvalue weighted by atomic mass is 9.84. The number of amides is 2. The molecular formula is C20H23ClN2O3S. The van der Waals surface area contributed by atoms with Crippen molar-refractivity contribution in [1.82, 2.24) is 10.6 Å². The van der Waals surface area contributed by atoms with Gasteiger partial charge in [-0.2, -0.15) is 0 Å². The van der Waals surface area contributed by atoms with E-state index < -0.39 is 0 Å². The summed E-state index contributed by atoms with van der Waals surface area (Å²) in [7, 11) is 0. The first-order chi connectivity index (χ1) is 13.1. The van der Waals surface area contributed by atoms with Gasteiger partial charge in [-0.15, -0.1) is 11.3 Å². The maximum Gasteiger partial charge on any atom is 0.258 e. The van der Waals surface area contributed by atoms with Crippen LogP contribution in [0.4, 0.5) is 0 Å². The maximum atomic E-state index is 12.1. The molecule has 0 unspecified atom stereocenters. The molecule has 1 aromatic heterocycles. The monoisotopic (exact) mass is 406 g/mol. The Morgan fingerprint density at radius 3 is 2.48 bits per heavy atom. The molecule has 144 valence electrons. The van der Waals surface area contributed by atoms with Crippen LogP contribution in [-0.4, -0.2) is 31.5 Å². The largest absolute Gasteiger partial charge is 0.484 e. The molecule has 0 spiro atoms. The molecule has 27 heavy (non-hydrogen) atoms. The van der Waals surface area contributed by atoms with Crippen molar-refractivity contribution in [2.45, 2.75) is 31.1 Å². The standard InChI is InChI=1S/C20H23ClN2O3S/c21-15-5-7-16(8-6-15)26-13-19(25)22-12-18(24)23-14-20(9-1-2-10-20)17-4-3-11-27-17/h3-8,11H,1-2,9-10,12-14H2,(H,22,25)(H,23,24). The van der Waals surface area contributed by atoms with E-state index >= 15 is 0 Å². The Labute approximate surface area is 168 Å². The number of thiophene rings is 1. The number of ether oxygens (including phenoxy) is 1. The molecule has 1 aromatic carbocycles. The van der Waals surface area contributed by atoms with Crippen molar-refractivity contribution in [3.8, 4) is 5.75 Å². The summed E-state index contributed by atoms with van der Waals surface area (Å²) in [6.07, 6.45) is 4.56. The Hall–Kier alpha value is -2.05. The molecule has 0 radical (unpaired) electrons. The third-order valence-corrected chi connectivity index (χ3v) is 6.23. The predicted molar refractivity (Wildman–Crippen MR) is 107 cm³/mol. The third kappa shape index (κ3) is 5.47. The first-order valence-electron chi connectivity index (χ1n) is 9.03. The highest BCUT2D eigenvalue weighted by Gasteiger charge is 2.36. The van der Waals surface area contributed by atoms with Crippen LogP contribution in [-0.2, 0) is 15.0 Å². The number of benzene rings is 1. The van der Waals surface area contributed by atoms with E-state index in [-0.39, 0.29) is 30.4 Å². The Morgan fingerprint density at radius 1 is 1.07 bits per heavy atom. The number of hydrogen-bond donors (Lipinski definition) is 2. The van der Waals surface area contributed by atoms with Crippen molar-refractivity contribution in [3.63, 3.8) is 0 Å². The van der Waals surface area contributed by atoms with Crippen LogP contribution in [0.5, 0.6) is 5.75 Å². The zero-order valence-electron chi connectivity index (χ0n) is 15.0. The summed E-state index contributed by atoms with van der Waals surface area (Å²) < 4.78 is 5.36. The van der Waals surface area contributed by atoms with Crippen molar-refractivity contribution < 1.29 is 14.3 Å². The van der Waals surface area contributed by atoms with E-state index in [1.807, 2.05) is 0 Å². The molecule has 1 saturated carbocycles. The molecule has 2 amide bonds. The highest BCUT2D eigenvalue weighted by atomic mass is 35.5.